The molecule has 0 radical (unpaired) electrons. The fraction of sp³-hybridized carbons (Fsp3) is 0.706. The fourth-order valence-corrected chi connectivity index (χ4v) is 2.79. The van der Waals surface area contributed by atoms with E-state index in [4.69, 9.17) is 5.11 Å². The quantitative estimate of drug-likeness (QED) is 0.241. The lowest BCUT2D eigenvalue weighted by Crippen LogP contribution is -2.54. The minimum Gasteiger partial charge on any atom is -0.481 e. The average molecular weight is 400 g/mol. The van der Waals surface area contributed by atoms with E-state index < -0.39 is 48.8 Å². The standard InChI is InChI=1S/C17H28N4O7/c1-9(2)6-12(17(27)28)21-16(26)11(7-14(23)24)20-13(22)8-19-15(25)10-4-3-5-18-10/h9-12,18H,3-8H2,1-2H3,(H,19,25)(H,20,22)(H,21,26)(H,23,24)(H,27,28). The lowest BCUT2D eigenvalue weighted by Gasteiger charge is -2.21. The van der Waals surface area contributed by atoms with Gasteiger partial charge < -0.3 is 31.5 Å². The van der Waals surface area contributed by atoms with Gasteiger partial charge in [0.15, 0.2) is 0 Å². The summed E-state index contributed by atoms with van der Waals surface area (Å²) in [5.74, 6) is -4.62. The van der Waals surface area contributed by atoms with Crippen LogP contribution in [-0.2, 0) is 24.0 Å². The van der Waals surface area contributed by atoms with Crippen LogP contribution in [-0.4, -0.2) is 71.1 Å². The van der Waals surface area contributed by atoms with Crippen LogP contribution in [0.25, 0.3) is 0 Å². The van der Waals surface area contributed by atoms with Gasteiger partial charge in [0.1, 0.15) is 12.1 Å². The number of nitrogens with one attached hydrogen (secondary N) is 4. The van der Waals surface area contributed by atoms with Crippen LogP contribution in [0.5, 0.6) is 0 Å². The van der Waals surface area contributed by atoms with Crippen LogP contribution in [0, 0.1) is 5.92 Å². The smallest absolute Gasteiger partial charge is 0.326 e. The highest BCUT2D eigenvalue weighted by Gasteiger charge is 2.29. The van der Waals surface area contributed by atoms with Crippen molar-refractivity contribution in [2.45, 2.75) is 57.7 Å². The molecule has 1 heterocycles. The van der Waals surface area contributed by atoms with Crippen molar-refractivity contribution in [2.24, 2.45) is 5.92 Å². The molecule has 28 heavy (non-hydrogen) atoms. The van der Waals surface area contributed by atoms with E-state index in [-0.39, 0.29) is 24.3 Å². The molecule has 3 unspecified atom stereocenters. The minimum absolute atomic E-state index is 0.0201. The monoisotopic (exact) mass is 400 g/mol. The maximum Gasteiger partial charge on any atom is 0.326 e. The molecule has 3 amide bonds. The normalized spacial score (nSPS) is 18.2. The van der Waals surface area contributed by atoms with Gasteiger partial charge in [-0.15, -0.1) is 0 Å². The van der Waals surface area contributed by atoms with Gasteiger partial charge in [0.2, 0.25) is 17.7 Å². The highest BCUT2D eigenvalue weighted by atomic mass is 16.4. The van der Waals surface area contributed by atoms with Crippen molar-refractivity contribution >= 4 is 29.7 Å². The highest BCUT2D eigenvalue weighted by molar-refractivity contribution is 5.94. The second-order valence-corrected chi connectivity index (χ2v) is 7.11. The van der Waals surface area contributed by atoms with E-state index in [1.165, 1.54) is 0 Å². The van der Waals surface area contributed by atoms with Crippen LogP contribution in [0.15, 0.2) is 0 Å². The molecule has 1 saturated heterocycles. The number of hydrogen-bond acceptors (Lipinski definition) is 6. The lowest BCUT2D eigenvalue weighted by atomic mass is 10.0. The number of rotatable bonds is 11. The first kappa shape index (κ1) is 23.3. The van der Waals surface area contributed by atoms with Crippen LogP contribution in [0.2, 0.25) is 0 Å². The van der Waals surface area contributed by atoms with Crippen molar-refractivity contribution in [1.29, 1.82) is 0 Å². The third-order valence-corrected chi connectivity index (χ3v) is 4.15. The molecule has 0 aromatic carbocycles. The third-order valence-electron chi connectivity index (χ3n) is 4.15. The van der Waals surface area contributed by atoms with Crippen molar-refractivity contribution in [2.75, 3.05) is 13.1 Å². The van der Waals surface area contributed by atoms with Gasteiger partial charge in [0.25, 0.3) is 0 Å². The molecule has 158 valence electrons. The Morgan fingerprint density at radius 1 is 1.07 bits per heavy atom. The van der Waals surface area contributed by atoms with Crippen molar-refractivity contribution < 1.29 is 34.2 Å². The molecule has 0 bridgehead atoms. The van der Waals surface area contributed by atoms with E-state index in [0.717, 1.165) is 6.42 Å². The number of amides is 3. The van der Waals surface area contributed by atoms with E-state index in [0.29, 0.717) is 13.0 Å². The van der Waals surface area contributed by atoms with Crippen LogP contribution in [0.3, 0.4) is 0 Å². The molecule has 0 aromatic heterocycles. The first-order valence-electron chi connectivity index (χ1n) is 9.15. The summed E-state index contributed by atoms with van der Waals surface area (Å²) < 4.78 is 0. The minimum atomic E-state index is -1.46. The molecular formula is C17H28N4O7. The van der Waals surface area contributed by atoms with E-state index in [1.54, 1.807) is 13.8 Å². The van der Waals surface area contributed by atoms with Crippen LogP contribution < -0.4 is 21.3 Å². The Morgan fingerprint density at radius 3 is 2.25 bits per heavy atom. The molecule has 1 aliphatic heterocycles. The second-order valence-electron chi connectivity index (χ2n) is 7.11. The van der Waals surface area contributed by atoms with Crippen LogP contribution in [0.1, 0.15) is 39.5 Å². The van der Waals surface area contributed by atoms with Gasteiger partial charge in [-0.05, 0) is 31.7 Å². The van der Waals surface area contributed by atoms with Gasteiger partial charge in [-0.2, -0.15) is 0 Å². The molecule has 0 saturated carbocycles. The highest BCUT2D eigenvalue weighted by Crippen LogP contribution is 2.06. The van der Waals surface area contributed by atoms with E-state index >= 15 is 0 Å². The summed E-state index contributed by atoms with van der Waals surface area (Å²) in [5, 5.41) is 28.0. The fourth-order valence-electron chi connectivity index (χ4n) is 2.79. The number of hydrogen-bond donors (Lipinski definition) is 6. The molecule has 0 spiro atoms. The molecule has 3 atom stereocenters. The van der Waals surface area contributed by atoms with Gasteiger partial charge >= 0.3 is 11.9 Å². The van der Waals surface area contributed by atoms with Crippen LogP contribution >= 0.6 is 0 Å². The first-order chi connectivity index (χ1) is 13.1. The lowest BCUT2D eigenvalue weighted by molar-refractivity contribution is -0.143. The molecule has 6 N–H and O–H groups in total. The van der Waals surface area contributed by atoms with Crippen LogP contribution in [0.4, 0.5) is 0 Å². The van der Waals surface area contributed by atoms with Gasteiger partial charge in [-0.25, -0.2) is 4.79 Å². The van der Waals surface area contributed by atoms with Gasteiger partial charge in [0, 0.05) is 0 Å². The summed E-state index contributed by atoms with van der Waals surface area (Å²) in [6.07, 6.45) is 0.944. The predicted octanol–water partition coefficient (Wildman–Crippen LogP) is -1.57. The zero-order chi connectivity index (χ0) is 21.3. The van der Waals surface area contributed by atoms with Crippen molar-refractivity contribution in [1.82, 2.24) is 21.3 Å². The van der Waals surface area contributed by atoms with Crippen molar-refractivity contribution in [3.63, 3.8) is 0 Å². The third kappa shape index (κ3) is 8.33. The first-order valence-corrected chi connectivity index (χ1v) is 9.15. The summed E-state index contributed by atoms with van der Waals surface area (Å²) in [6, 6.07) is -3.03. The Morgan fingerprint density at radius 2 is 1.75 bits per heavy atom. The summed E-state index contributed by atoms with van der Waals surface area (Å²) in [4.78, 5) is 58.5. The second kappa shape index (κ2) is 11.2. The number of aliphatic carboxylic acids is 2. The zero-order valence-electron chi connectivity index (χ0n) is 16.0. The SMILES string of the molecule is CC(C)CC(NC(=O)C(CC(=O)O)NC(=O)CNC(=O)C1CCCN1)C(=O)O. The summed E-state index contributed by atoms with van der Waals surface area (Å²) in [7, 11) is 0. The van der Waals surface area contributed by atoms with E-state index in [9.17, 15) is 29.1 Å². The number of carboxylic acid groups (broad SMARTS) is 2. The predicted molar refractivity (Wildman–Crippen MR) is 97.2 cm³/mol. The molecular weight excluding hydrogens is 372 g/mol. The number of carbonyl (C=O) groups is 5. The van der Waals surface area contributed by atoms with Gasteiger partial charge in [-0.3, -0.25) is 19.2 Å². The molecule has 0 aromatic rings. The molecule has 1 fully saturated rings. The van der Waals surface area contributed by atoms with Crippen molar-refractivity contribution in [3.8, 4) is 0 Å². The molecule has 0 aliphatic carbocycles. The average Bonchev–Trinajstić information content (AvgIpc) is 3.12. The molecule has 1 rings (SSSR count). The Labute approximate surface area is 162 Å². The Hall–Kier alpha value is -2.69. The zero-order valence-corrected chi connectivity index (χ0v) is 16.0. The van der Waals surface area contributed by atoms with Crippen molar-refractivity contribution in [3.05, 3.63) is 0 Å². The molecule has 1 aliphatic rings. The molecule has 11 nitrogen and oxygen atoms in total. The van der Waals surface area contributed by atoms with Gasteiger partial charge in [-0.1, -0.05) is 13.8 Å². The molecule has 11 heteroatoms. The number of carbonyl (C=O) groups excluding carboxylic acids is 3. The maximum atomic E-state index is 12.3. The number of carboxylic acids is 2. The summed E-state index contributed by atoms with van der Waals surface area (Å²) in [5.41, 5.74) is 0. The Balaban J connectivity index is 2.63. The Bertz CT molecular complexity index is 602. The van der Waals surface area contributed by atoms with E-state index in [1.807, 2.05) is 0 Å². The largest absolute Gasteiger partial charge is 0.481 e. The topological polar surface area (TPSA) is 174 Å². The maximum absolute atomic E-state index is 12.3. The summed E-state index contributed by atoms with van der Waals surface area (Å²) in [6.45, 7) is 3.85. The van der Waals surface area contributed by atoms with Gasteiger partial charge in [0.05, 0.1) is 19.0 Å². The van der Waals surface area contributed by atoms with E-state index in [2.05, 4.69) is 21.3 Å². The Kier molecular flexibility index (Phi) is 9.36. The summed E-state index contributed by atoms with van der Waals surface area (Å²) >= 11 is 0.